The van der Waals surface area contributed by atoms with E-state index in [9.17, 15) is 14.4 Å². The SMILES string of the molecule is Cl.NC1CCC2CN(C(=O)CN3C(=O)c4ccccc4C3=O)CC12. The second kappa shape index (κ2) is 6.18. The molecule has 1 aromatic carbocycles. The zero-order valence-electron chi connectivity index (χ0n) is 13.2. The molecular formula is C17H20ClN3O3. The molecule has 3 atom stereocenters. The molecule has 6 nitrogen and oxygen atoms in total. The number of amides is 3. The monoisotopic (exact) mass is 349 g/mol. The summed E-state index contributed by atoms with van der Waals surface area (Å²) in [5.74, 6) is -0.0940. The number of nitrogens with two attached hydrogens (primary N) is 1. The lowest BCUT2D eigenvalue weighted by Gasteiger charge is -2.21. The number of benzene rings is 1. The molecule has 1 aliphatic carbocycles. The highest BCUT2D eigenvalue weighted by Crippen LogP contribution is 2.37. The number of halogens is 1. The van der Waals surface area contributed by atoms with Crippen molar-refractivity contribution >= 4 is 30.1 Å². The van der Waals surface area contributed by atoms with Crippen LogP contribution in [0.2, 0.25) is 0 Å². The first-order valence-electron chi connectivity index (χ1n) is 8.05. The van der Waals surface area contributed by atoms with Gasteiger partial charge in [0.05, 0.1) is 11.1 Å². The molecule has 3 unspecified atom stereocenters. The van der Waals surface area contributed by atoms with E-state index in [1.54, 1.807) is 29.2 Å². The third kappa shape index (κ3) is 2.50. The Morgan fingerprint density at radius 1 is 1.08 bits per heavy atom. The molecule has 128 valence electrons. The molecular weight excluding hydrogens is 330 g/mol. The van der Waals surface area contributed by atoms with E-state index >= 15 is 0 Å². The second-order valence-corrected chi connectivity index (χ2v) is 6.71. The van der Waals surface area contributed by atoms with Crippen LogP contribution in [0.25, 0.3) is 0 Å². The molecule has 0 bridgehead atoms. The molecule has 24 heavy (non-hydrogen) atoms. The Labute approximate surface area is 146 Å². The summed E-state index contributed by atoms with van der Waals surface area (Å²) in [6.07, 6.45) is 2.08. The standard InChI is InChI=1S/C17H19N3O3.ClH/c18-14-6-5-10-7-19(8-13(10)14)15(21)9-20-16(22)11-3-1-2-4-12(11)17(20)23;/h1-4,10,13-14H,5-9,18H2;1H. The van der Waals surface area contributed by atoms with Crippen molar-refractivity contribution in [1.82, 2.24) is 9.80 Å². The molecule has 0 aromatic heterocycles. The summed E-state index contributed by atoms with van der Waals surface area (Å²) in [5.41, 5.74) is 6.85. The van der Waals surface area contributed by atoms with Crippen LogP contribution in [0.15, 0.2) is 24.3 Å². The fraction of sp³-hybridized carbons (Fsp3) is 0.471. The van der Waals surface area contributed by atoms with Gasteiger partial charge in [0.1, 0.15) is 6.54 Å². The van der Waals surface area contributed by atoms with Crippen LogP contribution in [-0.2, 0) is 4.79 Å². The van der Waals surface area contributed by atoms with Gasteiger partial charge in [0.25, 0.3) is 11.8 Å². The van der Waals surface area contributed by atoms with Crippen molar-refractivity contribution < 1.29 is 14.4 Å². The van der Waals surface area contributed by atoms with E-state index in [2.05, 4.69) is 0 Å². The third-order valence-corrected chi connectivity index (χ3v) is 5.44. The van der Waals surface area contributed by atoms with Gasteiger partial charge in [-0.1, -0.05) is 12.1 Å². The highest BCUT2D eigenvalue weighted by molar-refractivity contribution is 6.22. The van der Waals surface area contributed by atoms with Crippen molar-refractivity contribution in [2.24, 2.45) is 17.6 Å². The number of likely N-dealkylation sites (tertiary alicyclic amines) is 1. The highest BCUT2D eigenvalue weighted by Gasteiger charge is 2.44. The number of hydrogen-bond donors (Lipinski definition) is 1. The molecule has 0 radical (unpaired) electrons. The Morgan fingerprint density at radius 3 is 2.29 bits per heavy atom. The summed E-state index contributed by atoms with van der Waals surface area (Å²) in [4.78, 5) is 40.0. The van der Waals surface area contributed by atoms with E-state index in [1.165, 1.54) is 0 Å². The number of rotatable bonds is 2. The van der Waals surface area contributed by atoms with E-state index < -0.39 is 0 Å². The van der Waals surface area contributed by atoms with Crippen LogP contribution in [0, 0.1) is 11.8 Å². The predicted molar refractivity (Wildman–Crippen MR) is 89.8 cm³/mol. The summed E-state index contributed by atoms with van der Waals surface area (Å²) >= 11 is 0. The molecule has 2 aliphatic heterocycles. The summed E-state index contributed by atoms with van der Waals surface area (Å²) in [6.45, 7) is 1.16. The van der Waals surface area contributed by atoms with Crippen molar-refractivity contribution in [2.45, 2.75) is 18.9 Å². The first-order valence-corrected chi connectivity index (χ1v) is 8.05. The number of nitrogens with zero attached hydrogens (tertiary/aromatic N) is 2. The van der Waals surface area contributed by atoms with E-state index in [-0.39, 0.29) is 42.7 Å². The average Bonchev–Trinajstić information content (AvgIpc) is 3.19. The Balaban J connectivity index is 0.00000169. The Bertz CT molecular complexity index is 673. The molecule has 3 aliphatic rings. The number of fused-ring (bicyclic) bond motifs is 2. The van der Waals surface area contributed by atoms with Gasteiger partial charge in [-0.25, -0.2) is 0 Å². The van der Waals surface area contributed by atoms with Crippen molar-refractivity contribution in [3.05, 3.63) is 35.4 Å². The maximum Gasteiger partial charge on any atom is 0.262 e. The molecule has 2 heterocycles. The van der Waals surface area contributed by atoms with Crippen molar-refractivity contribution in [1.29, 1.82) is 0 Å². The summed E-state index contributed by atoms with van der Waals surface area (Å²) in [5, 5.41) is 0. The average molecular weight is 350 g/mol. The molecule has 4 rings (SSSR count). The summed E-state index contributed by atoms with van der Waals surface area (Å²) in [6, 6.07) is 6.85. The molecule has 1 aromatic rings. The smallest absolute Gasteiger partial charge is 0.262 e. The molecule has 1 saturated carbocycles. The lowest BCUT2D eigenvalue weighted by Crippen LogP contribution is -2.42. The van der Waals surface area contributed by atoms with Crippen LogP contribution >= 0.6 is 12.4 Å². The molecule has 7 heteroatoms. The van der Waals surface area contributed by atoms with Gasteiger partial charge in [0.15, 0.2) is 0 Å². The Hall–Kier alpha value is -1.92. The number of hydrogen-bond acceptors (Lipinski definition) is 4. The van der Waals surface area contributed by atoms with Gasteiger partial charge < -0.3 is 10.6 Å². The van der Waals surface area contributed by atoms with Crippen LogP contribution in [-0.4, -0.2) is 53.2 Å². The lowest BCUT2D eigenvalue weighted by molar-refractivity contribution is -0.130. The van der Waals surface area contributed by atoms with Gasteiger partial charge in [-0.15, -0.1) is 12.4 Å². The lowest BCUT2D eigenvalue weighted by atomic mass is 9.98. The van der Waals surface area contributed by atoms with Gasteiger partial charge in [0, 0.05) is 19.1 Å². The first kappa shape index (κ1) is 16.9. The minimum atomic E-state index is -0.380. The van der Waals surface area contributed by atoms with Crippen LogP contribution in [0.5, 0.6) is 0 Å². The van der Waals surface area contributed by atoms with Gasteiger partial charge in [0.2, 0.25) is 5.91 Å². The van der Waals surface area contributed by atoms with E-state index in [4.69, 9.17) is 5.73 Å². The zero-order chi connectivity index (χ0) is 16.1. The van der Waals surface area contributed by atoms with Crippen LogP contribution in [0.4, 0.5) is 0 Å². The zero-order valence-corrected chi connectivity index (χ0v) is 14.0. The maximum atomic E-state index is 12.5. The Morgan fingerprint density at radius 2 is 1.71 bits per heavy atom. The van der Waals surface area contributed by atoms with E-state index in [0.717, 1.165) is 17.7 Å². The van der Waals surface area contributed by atoms with Gasteiger partial charge >= 0.3 is 0 Å². The number of carbonyl (C=O) groups excluding carboxylic acids is 3. The predicted octanol–water partition coefficient (Wildman–Crippen LogP) is 0.900. The number of imide groups is 1. The largest absolute Gasteiger partial charge is 0.341 e. The fourth-order valence-corrected chi connectivity index (χ4v) is 4.13. The molecule has 2 fully saturated rings. The minimum Gasteiger partial charge on any atom is -0.341 e. The van der Waals surface area contributed by atoms with Crippen molar-refractivity contribution in [3.63, 3.8) is 0 Å². The molecule has 0 spiro atoms. The normalized spacial score (nSPS) is 28.0. The van der Waals surface area contributed by atoms with Crippen LogP contribution in [0.1, 0.15) is 33.6 Å². The Kier molecular flexibility index (Phi) is 4.36. The molecule has 2 N–H and O–H groups in total. The molecule has 1 saturated heterocycles. The second-order valence-electron chi connectivity index (χ2n) is 6.71. The van der Waals surface area contributed by atoms with Crippen LogP contribution in [0.3, 0.4) is 0 Å². The van der Waals surface area contributed by atoms with Gasteiger partial charge in [-0.2, -0.15) is 0 Å². The first-order chi connectivity index (χ1) is 11.1. The minimum absolute atomic E-state index is 0. The van der Waals surface area contributed by atoms with Gasteiger partial charge in [-0.05, 0) is 36.8 Å². The summed E-state index contributed by atoms with van der Waals surface area (Å²) < 4.78 is 0. The maximum absolute atomic E-state index is 12.5. The number of carbonyl (C=O) groups is 3. The van der Waals surface area contributed by atoms with E-state index in [0.29, 0.717) is 36.1 Å². The highest BCUT2D eigenvalue weighted by atomic mass is 35.5. The quantitative estimate of drug-likeness (QED) is 0.804. The third-order valence-electron chi connectivity index (χ3n) is 5.44. The topological polar surface area (TPSA) is 83.7 Å². The van der Waals surface area contributed by atoms with Crippen LogP contribution < -0.4 is 5.73 Å². The van der Waals surface area contributed by atoms with Gasteiger partial charge in [-0.3, -0.25) is 19.3 Å². The molecule has 3 amide bonds. The fourth-order valence-electron chi connectivity index (χ4n) is 4.13. The summed E-state index contributed by atoms with van der Waals surface area (Å²) in [7, 11) is 0. The van der Waals surface area contributed by atoms with Crippen molar-refractivity contribution in [2.75, 3.05) is 19.6 Å². The van der Waals surface area contributed by atoms with Crippen molar-refractivity contribution in [3.8, 4) is 0 Å². The van der Waals surface area contributed by atoms with E-state index in [1.807, 2.05) is 0 Å².